The first-order valence-electron chi connectivity index (χ1n) is 6.11. The van der Waals surface area contributed by atoms with Crippen LogP contribution in [0.1, 0.15) is 10.5 Å². The number of fused-ring (bicyclic) bond motifs is 1. The van der Waals surface area contributed by atoms with Gasteiger partial charge in [0.25, 0.3) is 0 Å². The summed E-state index contributed by atoms with van der Waals surface area (Å²) in [6.45, 7) is -0.304. The molecule has 7 heteroatoms. The largest absolute Gasteiger partial charge is 0.441 e. The number of alkyl carbamates (subject to hydrolysis) is 1. The highest BCUT2D eigenvalue weighted by molar-refractivity contribution is 6.07. The summed E-state index contributed by atoms with van der Waals surface area (Å²) in [5.74, 6) is -0.365. The van der Waals surface area contributed by atoms with Crippen molar-refractivity contribution < 1.29 is 19.4 Å². The number of nitrogens with one attached hydrogen (secondary N) is 1. The Balaban J connectivity index is 2.32. The third-order valence-corrected chi connectivity index (χ3v) is 2.76. The average Bonchev–Trinajstić information content (AvgIpc) is 2.82. The zero-order valence-corrected chi connectivity index (χ0v) is 11.0. The molecule has 1 aromatic carbocycles. The van der Waals surface area contributed by atoms with Crippen molar-refractivity contribution in [2.45, 2.75) is 6.54 Å². The number of carbonyl (C=O) groups excluding carboxylic acids is 2. The van der Waals surface area contributed by atoms with E-state index >= 15 is 0 Å². The van der Waals surface area contributed by atoms with E-state index in [4.69, 9.17) is 9.84 Å². The van der Waals surface area contributed by atoms with Crippen molar-refractivity contribution >= 4 is 22.8 Å². The monoisotopic (exact) mass is 277 g/mol. The molecule has 0 fully saturated rings. The maximum Gasteiger partial charge on any atom is 0.407 e. The Morgan fingerprint density at radius 1 is 1.40 bits per heavy atom. The molecule has 0 atom stereocenters. The van der Waals surface area contributed by atoms with Gasteiger partial charge in [0.2, 0.25) is 5.78 Å². The third-order valence-electron chi connectivity index (χ3n) is 2.76. The second-order valence-electron chi connectivity index (χ2n) is 4.06. The molecule has 2 aromatic rings. The van der Waals surface area contributed by atoms with Gasteiger partial charge in [0.05, 0.1) is 18.7 Å². The van der Waals surface area contributed by atoms with E-state index in [9.17, 15) is 9.59 Å². The molecule has 2 N–H and O–H groups in total. The van der Waals surface area contributed by atoms with Crippen LogP contribution in [0.15, 0.2) is 24.3 Å². The Morgan fingerprint density at radius 3 is 2.85 bits per heavy atom. The number of nitrogens with zero attached hydrogens (tertiary/aromatic N) is 2. The molecule has 1 aromatic heterocycles. The lowest BCUT2D eigenvalue weighted by atomic mass is 10.1. The van der Waals surface area contributed by atoms with Crippen molar-refractivity contribution in [1.82, 2.24) is 15.1 Å². The quantitative estimate of drug-likeness (QED) is 0.779. The van der Waals surface area contributed by atoms with Crippen LogP contribution in [0.2, 0.25) is 0 Å². The van der Waals surface area contributed by atoms with E-state index in [1.54, 1.807) is 18.2 Å². The summed E-state index contributed by atoms with van der Waals surface area (Å²) in [5, 5.41) is 16.2. The Hall–Kier alpha value is -2.41. The van der Waals surface area contributed by atoms with E-state index in [1.165, 1.54) is 11.7 Å². The minimum Gasteiger partial charge on any atom is -0.441 e. The number of aliphatic hydroxyl groups excluding tert-OH is 1. The standard InChI is InChI=1S/C13H15N3O4/c1-14-13(19)20-8-11(18)12-9-4-2-3-5-10(9)15-16(12)6-7-17/h2-5,17H,6-8H2,1H3,(H,14,19). The average molecular weight is 277 g/mol. The van der Waals surface area contributed by atoms with Gasteiger partial charge in [0.15, 0.2) is 6.61 Å². The second-order valence-corrected chi connectivity index (χ2v) is 4.06. The minimum absolute atomic E-state index is 0.134. The van der Waals surface area contributed by atoms with Crippen LogP contribution in [0.5, 0.6) is 0 Å². The molecular weight excluding hydrogens is 262 g/mol. The summed E-state index contributed by atoms with van der Waals surface area (Å²) in [4.78, 5) is 23.2. The highest BCUT2D eigenvalue weighted by atomic mass is 16.5. The van der Waals surface area contributed by atoms with Gasteiger partial charge in [-0.3, -0.25) is 9.48 Å². The Kier molecular flexibility index (Phi) is 4.31. The number of hydrogen-bond donors (Lipinski definition) is 2. The maximum atomic E-state index is 12.2. The molecule has 0 aliphatic rings. The van der Waals surface area contributed by atoms with E-state index in [0.717, 1.165) is 0 Å². The van der Waals surface area contributed by atoms with Gasteiger partial charge in [-0.05, 0) is 6.07 Å². The van der Waals surface area contributed by atoms with Gasteiger partial charge < -0.3 is 15.2 Å². The molecule has 0 spiro atoms. The number of ether oxygens (including phenoxy) is 1. The number of carbonyl (C=O) groups is 2. The number of rotatable bonds is 5. The second kappa shape index (κ2) is 6.16. The molecule has 0 radical (unpaired) electrons. The van der Waals surface area contributed by atoms with E-state index < -0.39 is 6.09 Å². The first-order chi connectivity index (χ1) is 9.67. The van der Waals surface area contributed by atoms with E-state index in [1.807, 2.05) is 6.07 Å². The van der Waals surface area contributed by atoms with Crippen molar-refractivity contribution in [3.63, 3.8) is 0 Å². The smallest absolute Gasteiger partial charge is 0.407 e. The van der Waals surface area contributed by atoms with Crippen molar-refractivity contribution in [2.75, 3.05) is 20.3 Å². The topological polar surface area (TPSA) is 93.5 Å². The van der Waals surface area contributed by atoms with Gasteiger partial charge in [-0.25, -0.2) is 4.79 Å². The number of Topliss-reactive ketones (excluding diaryl/α,β-unsaturated/α-hetero) is 1. The summed E-state index contributed by atoms with van der Waals surface area (Å²) in [6, 6.07) is 7.15. The molecule has 0 unspecified atom stereocenters. The molecule has 7 nitrogen and oxygen atoms in total. The van der Waals surface area contributed by atoms with Gasteiger partial charge in [-0.1, -0.05) is 18.2 Å². The Morgan fingerprint density at radius 2 is 2.15 bits per heavy atom. The van der Waals surface area contributed by atoms with Gasteiger partial charge in [0, 0.05) is 12.4 Å². The molecule has 2 rings (SSSR count). The van der Waals surface area contributed by atoms with Crippen LogP contribution in [0.25, 0.3) is 10.9 Å². The van der Waals surface area contributed by atoms with Crippen LogP contribution < -0.4 is 5.32 Å². The highest BCUT2D eigenvalue weighted by Gasteiger charge is 2.19. The zero-order chi connectivity index (χ0) is 14.5. The first kappa shape index (κ1) is 14.0. The van der Waals surface area contributed by atoms with Crippen molar-refractivity contribution in [3.8, 4) is 0 Å². The fourth-order valence-electron chi connectivity index (χ4n) is 1.90. The van der Waals surface area contributed by atoms with Crippen LogP contribution in [0.3, 0.4) is 0 Å². The van der Waals surface area contributed by atoms with Crippen molar-refractivity contribution in [2.24, 2.45) is 0 Å². The molecule has 0 saturated heterocycles. The molecule has 0 aliphatic heterocycles. The lowest BCUT2D eigenvalue weighted by Crippen LogP contribution is -2.24. The molecule has 0 aliphatic carbocycles. The number of hydrogen-bond acceptors (Lipinski definition) is 5. The van der Waals surface area contributed by atoms with Gasteiger partial charge >= 0.3 is 6.09 Å². The first-order valence-corrected chi connectivity index (χ1v) is 6.11. The Labute approximate surface area is 115 Å². The molecule has 106 valence electrons. The summed E-state index contributed by atoms with van der Waals surface area (Å²) in [6.07, 6.45) is -0.670. The van der Waals surface area contributed by atoms with Gasteiger partial charge in [-0.2, -0.15) is 5.10 Å². The highest BCUT2D eigenvalue weighted by Crippen LogP contribution is 2.18. The summed E-state index contributed by atoms with van der Waals surface area (Å²) < 4.78 is 6.19. The number of benzene rings is 1. The number of ketones is 1. The van der Waals surface area contributed by atoms with Gasteiger partial charge in [-0.15, -0.1) is 0 Å². The molecule has 1 amide bonds. The molecule has 20 heavy (non-hydrogen) atoms. The summed E-state index contributed by atoms with van der Waals surface area (Å²) >= 11 is 0. The van der Waals surface area contributed by atoms with E-state index in [2.05, 4.69) is 10.4 Å². The van der Waals surface area contributed by atoms with Crippen LogP contribution in [0, 0.1) is 0 Å². The number of aromatic nitrogens is 2. The van der Waals surface area contributed by atoms with E-state index in [0.29, 0.717) is 16.6 Å². The molecule has 0 bridgehead atoms. The van der Waals surface area contributed by atoms with Crippen molar-refractivity contribution in [1.29, 1.82) is 0 Å². The van der Waals surface area contributed by atoms with E-state index in [-0.39, 0.29) is 25.5 Å². The lowest BCUT2D eigenvalue weighted by Gasteiger charge is -2.06. The number of aliphatic hydroxyl groups is 1. The fraction of sp³-hybridized carbons (Fsp3) is 0.308. The summed E-state index contributed by atoms with van der Waals surface area (Å²) in [5.41, 5.74) is 0.989. The maximum absolute atomic E-state index is 12.2. The van der Waals surface area contributed by atoms with Crippen LogP contribution >= 0.6 is 0 Å². The Bertz CT molecular complexity index is 636. The molecule has 1 heterocycles. The minimum atomic E-state index is -0.670. The molecular formula is C13H15N3O4. The molecule has 0 saturated carbocycles. The zero-order valence-electron chi connectivity index (χ0n) is 11.0. The predicted molar refractivity (Wildman–Crippen MR) is 71.6 cm³/mol. The van der Waals surface area contributed by atoms with Gasteiger partial charge in [0.1, 0.15) is 5.69 Å². The van der Waals surface area contributed by atoms with Crippen molar-refractivity contribution in [3.05, 3.63) is 30.0 Å². The van der Waals surface area contributed by atoms with Crippen LogP contribution in [0.4, 0.5) is 4.79 Å². The van der Waals surface area contributed by atoms with Crippen LogP contribution in [-0.4, -0.2) is 47.0 Å². The normalized spacial score (nSPS) is 10.5. The third kappa shape index (κ3) is 2.77. The SMILES string of the molecule is CNC(=O)OCC(=O)c1c2ccccc2nn1CCO. The summed E-state index contributed by atoms with van der Waals surface area (Å²) in [7, 11) is 1.41. The number of amides is 1. The predicted octanol–water partition coefficient (Wildman–Crippen LogP) is 0.567. The van der Waals surface area contributed by atoms with Crippen LogP contribution in [-0.2, 0) is 11.3 Å². The fourth-order valence-corrected chi connectivity index (χ4v) is 1.90. The lowest BCUT2D eigenvalue weighted by molar-refractivity contribution is 0.0837.